The lowest BCUT2D eigenvalue weighted by Crippen LogP contribution is -2.44. The highest BCUT2D eigenvalue weighted by molar-refractivity contribution is 6.01. The average Bonchev–Trinajstić information content (AvgIpc) is 2.94. The minimum absolute atomic E-state index is 0.184. The van der Waals surface area contributed by atoms with Crippen molar-refractivity contribution >= 4 is 11.9 Å². The first-order chi connectivity index (χ1) is 12.9. The van der Waals surface area contributed by atoms with Crippen LogP contribution in [-0.2, 0) is 4.79 Å². The van der Waals surface area contributed by atoms with E-state index in [4.69, 9.17) is 14.2 Å². The van der Waals surface area contributed by atoms with Gasteiger partial charge in [-0.15, -0.1) is 0 Å². The molecule has 2 heterocycles. The predicted molar refractivity (Wildman–Crippen MR) is 95.8 cm³/mol. The molecule has 2 aliphatic rings. The SMILES string of the molecule is COc1cc(C2NC(=O)NC3=C2C(=O)N(CC(C)O)C3)cc(OC)c1OC. The summed E-state index contributed by atoms with van der Waals surface area (Å²) in [6.45, 7) is 2.04. The first-order valence-electron chi connectivity index (χ1n) is 8.47. The molecule has 9 heteroatoms. The third-order valence-corrected chi connectivity index (χ3v) is 4.53. The summed E-state index contributed by atoms with van der Waals surface area (Å²) in [5.41, 5.74) is 1.59. The number of hydrogen-bond acceptors (Lipinski definition) is 6. The molecule has 0 radical (unpaired) electrons. The van der Waals surface area contributed by atoms with Crippen LogP contribution in [0.25, 0.3) is 0 Å². The highest BCUT2D eigenvalue weighted by Gasteiger charge is 2.41. The molecule has 2 atom stereocenters. The van der Waals surface area contributed by atoms with E-state index in [1.165, 1.54) is 26.2 Å². The van der Waals surface area contributed by atoms with Crippen molar-refractivity contribution in [3.05, 3.63) is 29.0 Å². The fourth-order valence-electron chi connectivity index (χ4n) is 3.41. The number of urea groups is 1. The number of carbonyl (C=O) groups is 2. The quantitative estimate of drug-likeness (QED) is 0.668. The Labute approximate surface area is 156 Å². The van der Waals surface area contributed by atoms with Gasteiger partial charge < -0.3 is 34.9 Å². The van der Waals surface area contributed by atoms with Crippen LogP contribution >= 0.6 is 0 Å². The Morgan fingerprint density at radius 2 is 1.81 bits per heavy atom. The maximum Gasteiger partial charge on any atom is 0.319 e. The number of carbonyl (C=O) groups excluding carboxylic acids is 2. The van der Waals surface area contributed by atoms with Gasteiger partial charge in [0.05, 0.1) is 51.3 Å². The smallest absolute Gasteiger partial charge is 0.319 e. The van der Waals surface area contributed by atoms with Gasteiger partial charge in [-0.3, -0.25) is 4.79 Å². The zero-order chi connectivity index (χ0) is 19.7. The van der Waals surface area contributed by atoms with E-state index in [1.807, 2.05) is 0 Å². The average molecular weight is 377 g/mol. The van der Waals surface area contributed by atoms with Gasteiger partial charge in [-0.1, -0.05) is 0 Å². The fraction of sp³-hybridized carbons (Fsp3) is 0.444. The molecule has 0 aliphatic carbocycles. The van der Waals surface area contributed by atoms with Crippen molar-refractivity contribution in [2.75, 3.05) is 34.4 Å². The van der Waals surface area contributed by atoms with Gasteiger partial charge in [-0.05, 0) is 24.6 Å². The summed E-state index contributed by atoms with van der Waals surface area (Å²) in [5, 5.41) is 15.1. The molecule has 1 aromatic carbocycles. The van der Waals surface area contributed by atoms with Crippen LogP contribution in [0.15, 0.2) is 23.4 Å². The van der Waals surface area contributed by atoms with Gasteiger partial charge in [-0.2, -0.15) is 0 Å². The van der Waals surface area contributed by atoms with Crippen LogP contribution in [0.1, 0.15) is 18.5 Å². The van der Waals surface area contributed by atoms with Gasteiger partial charge in [0.25, 0.3) is 5.91 Å². The lowest BCUT2D eigenvalue weighted by Gasteiger charge is -2.26. The number of ether oxygens (including phenoxy) is 3. The van der Waals surface area contributed by atoms with Crippen LogP contribution in [0, 0.1) is 0 Å². The third kappa shape index (κ3) is 3.37. The predicted octanol–water partition coefficient (Wildman–Crippen LogP) is 0.543. The number of amides is 3. The maximum atomic E-state index is 12.9. The molecular formula is C18H23N3O6. The third-order valence-electron chi connectivity index (χ3n) is 4.53. The molecule has 9 nitrogen and oxygen atoms in total. The van der Waals surface area contributed by atoms with Gasteiger partial charge in [0.1, 0.15) is 0 Å². The number of nitrogens with zero attached hydrogens (tertiary/aromatic N) is 1. The van der Waals surface area contributed by atoms with E-state index in [9.17, 15) is 14.7 Å². The molecule has 1 aromatic rings. The number of nitrogens with one attached hydrogen (secondary N) is 2. The molecule has 0 saturated carbocycles. The van der Waals surface area contributed by atoms with Crippen molar-refractivity contribution in [3.8, 4) is 17.2 Å². The van der Waals surface area contributed by atoms with Crippen LogP contribution in [0.2, 0.25) is 0 Å². The van der Waals surface area contributed by atoms with Gasteiger partial charge in [0.2, 0.25) is 5.75 Å². The van der Waals surface area contributed by atoms with Crippen molar-refractivity contribution in [3.63, 3.8) is 0 Å². The summed E-state index contributed by atoms with van der Waals surface area (Å²) in [4.78, 5) is 26.5. The number of β-amino-alcohol motifs (C(OH)–C–C–N with tert-alkyl or cyclic N) is 1. The number of methoxy groups -OCH3 is 3. The summed E-state index contributed by atoms with van der Waals surface area (Å²) in [7, 11) is 4.50. The van der Waals surface area contributed by atoms with Crippen molar-refractivity contribution in [1.29, 1.82) is 0 Å². The van der Waals surface area contributed by atoms with Gasteiger partial charge in [-0.25, -0.2) is 4.79 Å². The van der Waals surface area contributed by atoms with E-state index in [0.29, 0.717) is 34.1 Å². The summed E-state index contributed by atoms with van der Waals surface area (Å²) in [5.74, 6) is 1.03. The van der Waals surface area contributed by atoms with Crippen LogP contribution in [0.4, 0.5) is 4.79 Å². The zero-order valence-electron chi connectivity index (χ0n) is 15.7. The first kappa shape index (κ1) is 18.8. The molecule has 0 aromatic heterocycles. The van der Waals surface area contributed by atoms with Crippen LogP contribution in [-0.4, -0.2) is 62.5 Å². The second-order valence-electron chi connectivity index (χ2n) is 6.42. The minimum Gasteiger partial charge on any atom is -0.493 e. The van der Waals surface area contributed by atoms with E-state index in [-0.39, 0.29) is 19.0 Å². The van der Waals surface area contributed by atoms with E-state index in [0.717, 1.165) is 0 Å². The molecule has 3 amide bonds. The van der Waals surface area contributed by atoms with Gasteiger partial charge in [0, 0.05) is 6.54 Å². The number of benzene rings is 1. The van der Waals surface area contributed by atoms with Crippen molar-refractivity contribution in [2.24, 2.45) is 0 Å². The Bertz CT molecular complexity index is 779. The molecule has 0 bridgehead atoms. The summed E-state index contributed by atoms with van der Waals surface area (Å²) >= 11 is 0. The second-order valence-corrected chi connectivity index (χ2v) is 6.42. The number of aliphatic hydroxyl groups excluding tert-OH is 1. The topological polar surface area (TPSA) is 109 Å². The largest absolute Gasteiger partial charge is 0.493 e. The fourth-order valence-corrected chi connectivity index (χ4v) is 3.41. The summed E-state index contributed by atoms with van der Waals surface area (Å²) in [6.07, 6.45) is -0.668. The van der Waals surface area contributed by atoms with Crippen LogP contribution in [0.3, 0.4) is 0 Å². The molecule has 0 spiro atoms. The van der Waals surface area contributed by atoms with Crippen LogP contribution < -0.4 is 24.8 Å². The van der Waals surface area contributed by atoms with E-state index in [2.05, 4.69) is 10.6 Å². The molecule has 3 rings (SSSR count). The lowest BCUT2D eigenvalue weighted by atomic mass is 9.95. The van der Waals surface area contributed by atoms with Crippen molar-refractivity contribution in [1.82, 2.24) is 15.5 Å². The number of rotatable bonds is 6. The molecule has 3 N–H and O–H groups in total. The molecule has 2 aliphatic heterocycles. The first-order valence-corrected chi connectivity index (χ1v) is 8.47. The number of hydrogen-bond donors (Lipinski definition) is 3. The molecular weight excluding hydrogens is 354 g/mol. The Kier molecular flexibility index (Phi) is 5.13. The molecule has 27 heavy (non-hydrogen) atoms. The van der Waals surface area contributed by atoms with E-state index >= 15 is 0 Å². The summed E-state index contributed by atoms with van der Waals surface area (Å²) < 4.78 is 16.1. The molecule has 0 saturated heterocycles. The Morgan fingerprint density at radius 3 is 2.33 bits per heavy atom. The van der Waals surface area contributed by atoms with Crippen molar-refractivity contribution < 1.29 is 28.9 Å². The van der Waals surface area contributed by atoms with E-state index < -0.39 is 18.2 Å². The van der Waals surface area contributed by atoms with Crippen LogP contribution in [0.5, 0.6) is 17.2 Å². The Morgan fingerprint density at radius 1 is 1.19 bits per heavy atom. The number of aliphatic hydroxyl groups is 1. The Hall–Kier alpha value is -2.94. The van der Waals surface area contributed by atoms with Gasteiger partial charge >= 0.3 is 6.03 Å². The highest BCUT2D eigenvalue weighted by atomic mass is 16.5. The van der Waals surface area contributed by atoms with E-state index in [1.54, 1.807) is 19.1 Å². The molecule has 2 unspecified atom stereocenters. The molecule has 146 valence electrons. The zero-order valence-corrected chi connectivity index (χ0v) is 15.7. The second kappa shape index (κ2) is 7.36. The highest BCUT2D eigenvalue weighted by Crippen LogP contribution is 2.42. The lowest BCUT2D eigenvalue weighted by molar-refractivity contribution is -0.126. The minimum atomic E-state index is -0.672. The normalized spacial score (nSPS) is 20.0. The van der Waals surface area contributed by atoms with Crippen molar-refractivity contribution in [2.45, 2.75) is 19.1 Å². The van der Waals surface area contributed by atoms with Gasteiger partial charge in [0.15, 0.2) is 11.5 Å². The maximum absolute atomic E-state index is 12.9. The monoisotopic (exact) mass is 377 g/mol. The Balaban J connectivity index is 2.04. The molecule has 0 fully saturated rings. The standard InChI is InChI=1S/C18H23N3O6/c1-9(22)7-21-8-11-14(17(21)23)15(20-18(24)19-11)10-5-12(25-2)16(27-4)13(6-10)26-3/h5-6,9,15,22H,7-8H2,1-4H3,(H2,19,20,24). The summed E-state index contributed by atoms with van der Waals surface area (Å²) in [6, 6.07) is 2.33.